The van der Waals surface area contributed by atoms with E-state index in [1.165, 1.54) is 0 Å². The zero-order valence-corrected chi connectivity index (χ0v) is 12.8. The first-order valence-corrected chi connectivity index (χ1v) is 7.45. The summed E-state index contributed by atoms with van der Waals surface area (Å²) >= 11 is 0. The van der Waals surface area contributed by atoms with E-state index in [9.17, 15) is 0 Å². The Balaban J connectivity index is 1.97. The van der Waals surface area contributed by atoms with Gasteiger partial charge in [-0.15, -0.1) is 0 Å². The first-order valence-electron chi connectivity index (χ1n) is 7.45. The molecule has 1 aliphatic heterocycles. The third kappa shape index (κ3) is 2.19. The lowest BCUT2D eigenvalue weighted by molar-refractivity contribution is 0.174. The van der Waals surface area contributed by atoms with E-state index in [1.807, 2.05) is 36.4 Å². The summed E-state index contributed by atoms with van der Waals surface area (Å²) in [6.45, 7) is 1.42. The van der Waals surface area contributed by atoms with Crippen molar-refractivity contribution in [1.82, 2.24) is 9.55 Å². The molecule has 0 unspecified atom stereocenters. The van der Waals surface area contributed by atoms with Gasteiger partial charge in [0.05, 0.1) is 23.7 Å². The fourth-order valence-corrected chi connectivity index (χ4v) is 2.91. The molecule has 0 spiro atoms. The molecule has 2 heterocycles. The van der Waals surface area contributed by atoms with Crippen molar-refractivity contribution in [3.05, 3.63) is 36.4 Å². The summed E-state index contributed by atoms with van der Waals surface area (Å²) in [4.78, 5) is 4.78. The van der Waals surface area contributed by atoms with Gasteiger partial charge in [0, 0.05) is 25.2 Å². The van der Waals surface area contributed by atoms with E-state index in [4.69, 9.17) is 24.9 Å². The molecular formula is C17H17N3O3. The van der Waals surface area contributed by atoms with Crippen LogP contribution < -0.4 is 19.9 Å². The summed E-state index contributed by atoms with van der Waals surface area (Å²) in [5, 5.41) is 0. The maximum absolute atomic E-state index is 5.81. The average molecular weight is 311 g/mol. The molecule has 0 bridgehead atoms. The number of aromatic nitrogens is 2. The topological polar surface area (TPSA) is 71.5 Å². The van der Waals surface area contributed by atoms with Crippen LogP contribution in [0.15, 0.2) is 36.4 Å². The van der Waals surface area contributed by atoms with Crippen molar-refractivity contribution in [3.63, 3.8) is 0 Å². The van der Waals surface area contributed by atoms with Crippen LogP contribution in [-0.4, -0.2) is 30.0 Å². The van der Waals surface area contributed by atoms with Crippen LogP contribution in [0.1, 0.15) is 0 Å². The molecule has 0 radical (unpaired) electrons. The molecule has 2 N–H and O–H groups in total. The third-order valence-corrected chi connectivity index (χ3v) is 3.94. The Bertz CT molecular complexity index is 873. The standard InChI is InChI=1S/C17H17N3O3/c1-21-14-5-3-2-4-11(14)17-19-12-8-15-16(23-10-22-15)9-13(12)20(17)7-6-18/h2-5,8-9H,6-7,10,18H2,1H3. The normalized spacial score (nSPS) is 12.8. The molecular weight excluding hydrogens is 294 g/mol. The van der Waals surface area contributed by atoms with Crippen LogP contribution in [0, 0.1) is 0 Å². The summed E-state index contributed by atoms with van der Waals surface area (Å²) in [5.41, 5.74) is 8.56. The van der Waals surface area contributed by atoms with Gasteiger partial charge in [0.15, 0.2) is 11.5 Å². The van der Waals surface area contributed by atoms with Crippen molar-refractivity contribution in [2.45, 2.75) is 6.54 Å². The molecule has 0 saturated heterocycles. The number of ether oxygens (including phenoxy) is 3. The molecule has 4 rings (SSSR count). The van der Waals surface area contributed by atoms with Crippen molar-refractivity contribution in [1.29, 1.82) is 0 Å². The molecule has 0 aliphatic carbocycles. The molecule has 0 amide bonds. The quantitative estimate of drug-likeness (QED) is 0.801. The SMILES string of the molecule is COc1ccccc1-c1nc2cc3c(cc2n1CCN)OCO3. The third-order valence-electron chi connectivity index (χ3n) is 3.94. The van der Waals surface area contributed by atoms with Crippen LogP contribution in [0.5, 0.6) is 17.2 Å². The number of nitrogens with two attached hydrogens (primary N) is 1. The van der Waals surface area contributed by atoms with Crippen molar-refractivity contribution in [2.24, 2.45) is 5.73 Å². The van der Waals surface area contributed by atoms with Gasteiger partial charge in [0.1, 0.15) is 11.6 Å². The fourth-order valence-electron chi connectivity index (χ4n) is 2.91. The number of nitrogens with zero attached hydrogens (tertiary/aromatic N) is 2. The summed E-state index contributed by atoms with van der Waals surface area (Å²) in [6, 6.07) is 11.7. The van der Waals surface area contributed by atoms with Crippen LogP contribution in [0.2, 0.25) is 0 Å². The van der Waals surface area contributed by atoms with Gasteiger partial charge in [-0.3, -0.25) is 0 Å². The lowest BCUT2D eigenvalue weighted by Crippen LogP contribution is -2.11. The van der Waals surface area contributed by atoms with Crippen molar-refractivity contribution in [3.8, 4) is 28.6 Å². The maximum atomic E-state index is 5.81. The summed E-state index contributed by atoms with van der Waals surface area (Å²) in [5.74, 6) is 3.07. The fraction of sp³-hybridized carbons (Fsp3) is 0.235. The highest BCUT2D eigenvalue weighted by atomic mass is 16.7. The minimum atomic E-state index is 0.248. The summed E-state index contributed by atoms with van der Waals surface area (Å²) in [6.07, 6.45) is 0. The van der Waals surface area contributed by atoms with Crippen molar-refractivity contribution < 1.29 is 14.2 Å². The Labute approximate surface area is 133 Å². The zero-order chi connectivity index (χ0) is 15.8. The molecule has 6 heteroatoms. The van der Waals surface area contributed by atoms with Gasteiger partial charge in [-0.05, 0) is 12.1 Å². The number of hydrogen-bond donors (Lipinski definition) is 1. The van der Waals surface area contributed by atoms with Gasteiger partial charge in [0.2, 0.25) is 6.79 Å². The number of rotatable bonds is 4. The Hall–Kier alpha value is -2.73. The number of fused-ring (bicyclic) bond motifs is 2. The second-order valence-corrected chi connectivity index (χ2v) is 5.27. The first kappa shape index (κ1) is 13.9. The van der Waals surface area contributed by atoms with Crippen LogP contribution in [-0.2, 0) is 6.54 Å². The van der Waals surface area contributed by atoms with Gasteiger partial charge in [-0.1, -0.05) is 12.1 Å². The minimum absolute atomic E-state index is 0.248. The zero-order valence-electron chi connectivity index (χ0n) is 12.8. The lowest BCUT2D eigenvalue weighted by atomic mass is 10.2. The number of para-hydroxylation sites is 1. The summed E-state index contributed by atoms with van der Waals surface area (Å²) in [7, 11) is 1.66. The molecule has 3 aromatic rings. The van der Waals surface area contributed by atoms with Crippen molar-refractivity contribution in [2.75, 3.05) is 20.4 Å². The monoisotopic (exact) mass is 311 g/mol. The van der Waals surface area contributed by atoms with Gasteiger partial charge in [-0.25, -0.2) is 4.98 Å². The Morgan fingerprint density at radius 3 is 2.78 bits per heavy atom. The Morgan fingerprint density at radius 1 is 1.22 bits per heavy atom. The molecule has 2 aromatic carbocycles. The molecule has 1 aromatic heterocycles. The van der Waals surface area contributed by atoms with E-state index in [0.717, 1.165) is 39.7 Å². The van der Waals surface area contributed by atoms with E-state index in [-0.39, 0.29) is 6.79 Å². The molecule has 0 saturated carbocycles. The van der Waals surface area contributed by atoms with Crippen LogP contribution in [0.3, 0.4) is 0 Å². The van der Waals surface area contributed by atoms with Crippen LogP contribution in [0.25, 0.3) is 22.4 Å². The maximum Gasteiger partial charge on any atom is 0.231 e. The van der Waals surface area contributed by atoms with Crippen LogP contribution >= 0.6 is 0 Å². The Morgan fingerprint density at radius 2 is 2.00 bits per heavy atom. The highest BCUT2D eigenvalue weighted by Gasteiger charge is 2.20. The average Bonchev–Trinajstić information content (AvgIpc) is 3.17. The number of hydrogen-bond acceptors (Lipinski definition) is 5. The molecule has 0 atom stereocenters. The van der Waals surface area contributed by atoms with E-state index < -0.39 is 0 Å². The van der Waals surface area contributed by atoms with Crippen LogP contribution in [0.4, 0.5) is 0 Å². The lowest BCUT2D eigenvalue weighted by Gasteiger charge is -2.11. The van der Waals surface area contributed by atoms with Gasteiger partial charge in [-0.2, -0.15) is 0 Å². The summed E-state index contributed by atoms with van der Waals surface area (Å²) < 4.78 is 18.5. The second kappa shape index (κ2) is 5.48. The van der Waals surface area contributed by atoms with E-state index >= 15 is 0 Å². The van der Waals surface area contributed by atoms with Crippen molar-refractivity contribution >= 4 is 11.0 Å². The van der Waals surface area contributed by atoms with E-state index in [1.54, 1.807) is 7.11 Å². The van der Waals surface area contributed by atoms with Gasteiger partial charge in [0.25, 0.3) is 0 Å². The predicted molar refractivity (Wildman–Crippen MR) is 86.9 cm³/mol. The Kier molecular flexibility index (Phi) is 3.31. The number of imidazole rings is 1. The predicted octanol–water partition coefficient (Wildman–Crippen LogP) is 2.40. The largest absolute Gasteiger partial charge is 0.496 e. The van der Waals surface area contributed by atoms with E-state index in [0.29, 0.717) is 13.1 Å². The highest BCUT2D eigenvalue weighted by molar-refractivity contribution is 5.85. The first-order chi connectivity index (χ1) is 11.3. The molecule has 118 valence electrons. The molecule has 0 fully saturated rings. The molecule has 23 heavy (non-hydrogen) atoms. The van der Waals surface area contributed by atoms with E-state index in [2.05, 4.69) is 4.57 Å². The number of methoxy groups -OCH3 is 1. The smallest absolute Gasteiger partial charge is 0.231 e. The van der Waals surface area contributed by atoms with Gasteiger partial charge < -0.3 is 24.5 Å². The number of benzene rings is 2. The highest BCUT2D eigenvalue weighted by Crippen LogP contribution is 2.38. The van der Waals surface area contributed by atoms with Gasteiger partial charge >= 0.3 is 0 Å². The molecule has 1 aliphatic rings. The minimum Gasteiger partial charge on any atom is -0.496 e. The second-order valence-electron chi connectivity index (χ2n) is 5.27. The molecule has 6 nitrogen and oxygen atoms in total.